The Bertz CT molecular complexity index is 168. The van der Waals surface area contributed by atoms with Crippen LogP contribution in [0.25, 0.3) is 0 Å². The predicted octanol–water partition coefficient (Wildman–Crippen LogP) is 0.657. The minimum absolute atomic E-state index is 0.0896. The largest absolute Gasteiger partial charge is 0.372 e. The first kappa shape index (κ1) is 13.4. The van der Waals surface area contributed by atoms with E-state index < -0.39 is 0 Å². The number of nitrogens with one attached hydrogen (secondary N) is 1. The molecule has 0 saturated carbocycles. The van der Waals surface area contributed by atoms with Crippen LogP contribution in [0.4, 0.5) is 0 Å². The second-order valence-corrected chi connectivity index (χ2v) is 3.72. The van der Waals surface area contributed by atoms with Crippen LogP contribution in [0.2, 0.25) is 0 Å². The lowest BCUT2D eigenvalue weighted by Crippen LogP contribution is -2.51. The summed E-state index contributed by atoms with van der Waals surface area (Å²) in [4.78, 5) is 11.4. The van der Waals surface area contributed by atoms with Gasteiger partial charge in [-0.1, -0.05) is 13.8 Å². The average Bonchev–Trinajstić information content (AvgIpc) is 2.18. The fraction of sp³-hybridized carbons (Fsp3) is 0.900. The highest BCUT2D eigenvalue weighted by Gasteiger charge is 2.21. The van der Waals surface area contributed by atoms with Crippen molar-refractivity contribution in [2.75, 3.05) is 19.8 Å². The Kier molecular flexibility index (Phi) is 6.49. The second-order valence-electron chi connectivity index (χ2n) is 3.72. The molecule has 0 spiro atoms. The lowest BCUT2D eigenvalue weighted by Gasteiger charge is -2.27. The molecule has 4 heteroatoms. The van der Waals surface area contributed by atoms with Gasteiger partial charge in [-0.3, -0.25) is 4.79 Å². The van der Waals surface area contributed by atoms with Crippen LogP contribution in [-0.4, -0.2) is 31.2 Å². The van der Waals surface area contributed by atoms with Crippen molar-refractivity contribution in [2.45, 2.75) is 39.2 Å². The van der Waals surface area contributed by atoms with Gasteiger partial charge in [0.25, 0.3) is 0 Å². The number of nitrogens with two attached hydrogens (primary N) is 1. The molecule has 0 radical (unpaired) electrons. The Morgan fingerprint density at radius 3 is 2.57 bits per heavy atom. The first-order valence-corrected chi connectivity index (χ1v) is 5.16. The van der Waals surface area contributed by atoms with Crippen LogP contribution >= 0.6 is 0 Å². The molecule has 0 aromatic carbocycles. The molecule has 0 rings (SSSR count). The molecule has 0 aliphatic heterocycles. The SMILES string of the molecule is CCCOCC(=O)NC(C)(CC)CN. The van der Waals surface area contributed by atoms with Gasteiger partial charge in [-0.25, -0.2) is 0 Å². The van der Waals surface area contributed by atoms with E-state index >= 15 is 0 Å². The summed E-state index contributed by atoms with van der Waals surface area (Å²) in [6.45, 7) is 7.14. The van der Waals surface area contributed by atoms with E-state index in [1.165, 1.54) is 0 Å². The molecule has 0 aromatic heterocycles. The Morgan fingerprint density at radius 1 is 1.50 bits per heavy atom. The Labute approximate surface area is 86.2 Å². The highest BCUT2D eigenvalue weighted by Crippen LogP contribution is 2.05. The molecule has 0 aromatic rings. The molecule has 0 aliphatic rings. The topological polar surface area (TPSA) is 64.3 Å². The summed E-state index contributed by atoms with van der Waals surface area (Å²) in [5.41, 5.74) is 5.27. The van der Waals surface area contributed by atoms with Gasteiger partial charge in [0, 0.05) is 18.7 Å². The van der Waals surface area contributed by atoms with Gasteiger partial charge in [0.1, 0.15) is 6.61 Å². The number of ether oxygens (including phenoxy) is 1. The van der Waals surface area contributed by atoms with Gasteiger partial charge in [-0.15, -0.1) is 0 Å². The highest BCUT2D eigenvalue weighted by atomic mass is 16.5. The quantitative estimate of drug-likeness (QED) is 0.596. The second kappa shape index (κ2) is 6.79. The van der Waals surface area contributed by atoms with Gasteiger partial charge in [-0.2, -0.15) is 0 Å². The van der Waals surface area contributed by atoms with Crippen molar-refractivity contribution in [3.8, 4) is 0 Å². The Hall–Kier alpha value is -0.610. The zero-order valence-corrected chi connectivity index (χ0v) is 9.43. The number of carbonyl (C=O) groups is 1. The van der Waals surface area contributed by atoms with Crippen molar-refractivity contribution >= 4 is 5.91 Å². The normalized spacial score (nSPS) is 14.9. The predicted molar refractivity (Wildman–Crippen MR) is 57.0 cm³/mol. The van der Waals surface area contributed by atoms with E-state index in [1.54, 1.807) is 0 Å². The summed E-state index contributed by atoms with van der Waals surface area (Å²) >= 11 is 0. The molecule has 0 bridgehead atoms. The van der Waals surface area contributed by atoms with E-state index in [-0.39, 0.29) is 18.1 Å². The summed E-state index contributed by atoms with van der Waals surface area (Å²) in [6, 6.07) is 0. The molecule has 1 atom stereocenters. The maximum absolute atomic E-state index is 11.4. The number of rotatable bonds is 7. The van der Waals surface area contributed by atoms with E-state index in [9.17, 15) is 4.79 Å². The van der Waals surface area contributed by atoms with Crippen molar-refractivity contribution in [3.05, 3.63) is 0 Å². The van der Waals surface area contributed by atoms with Crippen molar-refractivity contribution in [3.63, 3.8) is 0 Å². The molecular formula is C10H22N2O2. The fourth-order valence-electron chi connectivity index (χ4n) is 0.966. The van der Waals surface area contributed by atoms with Crippen molar-refractivity contribution in [2.24, 2.45) is 5.73 Å². The molecule has 1 amide bonds. The zero-order valence-electron chi connectivity index (χ0n) is 9.43. The van der Waals surface area contributed by atoms with Gasteiger partial charge >= 0.3 is 0 Å². The minimum atomic E-state index is -0.299. The Morgan fingerprint density at radius 2 is 2.14 bits per heavy atom. The number of carbonyl (C=O) groups excluding carboxylic acids is 1. The van der Waals surface area contributed by atoms with Gasteiger partial charge < -0.3 is 15.8 Å². The maximum Gasteiger partial charge on any atom is 0.246 e. The number of hydrogen-bond donors (Lipinski definition) is 2. The average molecular weight is 202 g/mol. The van der Waals surface area contributed by atoms with E-state index in [0.29, 0.717) is 13.2 Å². The lowest BCUT2D eigenvalue weighted by molar-refractivity contribution is -0.127. The van der Waals surface area contributed by atoms with Gasteiger partial charge in [-0.05, 0) is 19.8 Å². The zero-order chi connectivity index (χ0) is 11.0. The molecule has 0 aliphatic carbocycles. The molecule has 4 nitrogen and oxygen atoms in total. The number of hydrogen-bond acceptors (Lipinski definition) is 3. The molecule has 3 N–H and O–H groups in total. The first-order chi connectivity index (χ1) is 6.58. The summed E-state index contributed by atoms with van der Waals surface area (Å²) < 4.78 is 5.13. The third kappa shape index (κ3) is 5.19. The van der Waals surface area contributed by atoms with Crippen molar-refractivity contribution < 1.29 is 9.53 Å². The van der Waals surface area contributed by atoms with Gasteiger partial charge in [0.2, 0.25) is 5.91 Å². The standard InChI is InChI=1S/C10H22N2O2/c1-4-6-14-7-9(13)12-10(3,5-2)8-11/h4-8,11H2,1-3H3,(H,12,13). The van der Waals surface area contributed by atoms with E-state index in [0.717, 1.165) is 12.8 Å². The van der Waals surface area contributed by atoms with Crippen LogP contribution in [0.15, 0.2) is 0 Å². The minimum Gasteiger partial charge on any atom is -0.372 e. The third-order valence-corrected chi connectivity index (χ3v) is 2.25. The lowest BCUT2D eigenvalue weighted by atomic mass is 9.99. The fourth-order valence-corrected chi connectivity index (χ4v) is 0.966. The smallest absolute Gasteiger partial charge is 0.246 e. The summed E-state index contributed by atoms with van der Waals surface area (Å²) in [5, 5.41) is 2.86. The van der Waals surface area contributed by atoms with Crippen LogP contribution in [0.3, 0.4) is 0 Å². The molecule has 0 heterocycles. The van der Waals surface area contributed by atoms with Crippen LogP contribution < -0.4 is 11.1 Å². The number of amides is 1. The first-order valence-electron chi connectivity index (χ1n) is 5.16. The van der Waals surface area contributed by atoms with Gasteiger partial charge in [0.05, 0.1) is 0 Å². The molecule has 0 saturated heterocycles. The molecule has 0 fully saturated rings. The van der Waals surface area contributed by atoms with Gasteiger partial charge in [0.15, 0.2) is 0 Å². The van der Waals surface area contributed by atoms with E-state index in [1.807, 2.05) is 20.8 Å². The monoisotopic (exact) mass is 202 g/mol. The van der Waals surface area contributed by atoms with E-state index in [4.69, 9.17) is 10.5 Å². The summed E-state index contributed by atoms with van der Waals surface area (Å²) in [7, 11) is 0. The van der Waals surface area contributed by atoms with Crippen LogP contribution in [0.5, 0.6) is 0 Å². The van der Waals surface area contributed by atoms with Crippen LogP contribution in [0, 0.1) is 0 Å². The molecular weight excluding hydrogens is 180 g/mol. The Balaban J connectivity index is 3.80. The summed E-state index contributed by atoms with van der Waals surface area (Å²) in [6.07, 6.45) is 1.75. The highest BCUT2D eigenvalue weighted by molar-refractivity contribution is 5.78. The molecule has 14 heavy (non-hydrogen) atoms. The maximum atomic E-state index is 11.4. The van der Waals surface area contributed by atoms with Crippen molar-refractivity contribution in [1.29, 1.82) is 0 Å². The van der Waals surface area contributed by atoms with Crippen LogP contribution in [0.1, 0.15) is 33.6 Å². The molecule has 1 unspecified atom stereocenters. The molecule has 84 valence electrons. The van der Waals surface area contributed by atoms with Crippen LogP contribution in [-0.2, 0) is 9.53 Å². The third-order valence-electron chi connectivity index (χ3n) is 2.25. The summed E-state index contributed by atoms with van der Waals surface area (Å²) in [5.74, 6) is -0.0896. The van der Waals surface area contributed by atoms with Crippen molar-refractivity contribution in [1.82, 2.24) is 5.32 Å². The van der Waals surface area contributed by atoms with E-state index in [2.05, 4.69) is 5.32 Å².